The number of carbonyl (C=O) groups excluding carboxylic acids is 2. The monoisotopic (exact) mass is 230 g/mol. The van der Waals surface area contributed by atoms with Crippen LogP contribution in [0.5, 0.6) is 0 Å². The van der Waals surface area contributed by atoms with E-state index < -0.39 is 5.54 Å². The first-order valence-corrected chi connectivity index (χ1v) is 5.91. The van der Waals surface area contributed by atoms with Gasteiger partial charge in [0.25, 0.3) is 5.91 Å². The summed E-state index contributed by atoms with van der Waals surface area (Å²) in [5.41, 5.74) is 1.34. The second-order valence-electron chi connectivity index (χ2n) is 4.54. The Labute approximate surface area is 99.6 Å². The van der Waals surface area contributed by atoms with Gasteiger partial charge in [-0.15, -0.1) is 0 Å². The van der Waals surface area contributed by atoms with Gasteiger partial charge in [0, 0.05) is 6.54 Å². The fraction of sp³-hybridized carbons (Fsp3) is 0.385. The quantitative estimate of drug-likeness (QED) is 0.741. The average molecular weight is 230 g/mol. The molecule has 1 unspecified atom stereocenters. The molecule has 1 aliphatic heterocycles. The van der Waals surface area contributed by atoms with Gasteiger partial charge >= 0.3 is 6.03 Å². The summed E-state index contributed by atoms with van der Waals surface area (Å²) in [5, 5.41) is 2.87. The highest BCUT2D eigenvalue weighted by atomic mass is 16.2. The Hall–Kier alpha value is -1.84. The molecule has 88 valence electrons. The number of hydrogen-bond acceptors (Lipinski definition) is 2. The highest BCUT2D eigenvalue weighted by Crippen LogP contribution is 2.40. The standard InChI is InChI=1S/C13H14N2O2/c1-2-15-11(16)13(14-12(15)17)8-7-9-5-3-4-6-10(9)13/h3-6H,2,7-8H2,1H3,(H,14,17). The van der Waals surface area contributed by atoms with Crippen molar-refractivity contribution in [3.63, 3.8) is 0 Å². The van der Waals surface area contributed by atoms with Crippen molar-refractivity contribution >= 4 is 11.9 Å². The van der Waals surface area contributed by atoms with Gasteiger partial charge in [0.1, 0.15) is 5.54 Å². The molecular formula is C13H14N2O2. The smallest absolute Gasteiger partial charge is 0.319 e. The summed E-state index contributed by atoms with van der Waals surface area (Å²) >= 11 is 0. The van der Waals surface area contributed by atoms with Gasteiger partial charge in [0.15, 0.2) is 0 Å². The highest BCUT2D eigenvalue weighted by Gasteiger charge is 2.54. The van der Waals surface area contributed by atoms with Crippen LogP contribution in [0.3, 0.4) is 0 Å². The van der Waals surface area contributed by atoms with Crippen molar-refractivity contribution in [2.75, 3.05) is 6.54 Å². The molecule has 2 aliphatic rings. The van der Waals surface area contributed by atoms with E-state index in [-0.39, 0.29) is 11.9 Å². The maximum Gasteiger partial charge on any atom is 0.325 e. The number of urea groups is 1. The van der Waals surface area contributed by atoms with Crippen LogP contribution in [0.15, 0.2) is 24.3 Å². The van der Waals surface area contributed by atoms with E-state index in [0.717, 1.165) is 12.0 Å². The molecule has 4 nitrogen and oxygen atoms in total. The summed E-state index contributed by atoms with van der Waals surface area (Å²) < 4.78 is 0. The zero-order valence-electron chi connectivity index (χ0n) is 9.69. The number of imide groups is 1. The third kappa shape index (κ3) is 1.18. The van der Waals surface area contributed by atoms with Gasteiger partial charge in [-0.25, -0.2) is 4.79 Å². The van der Waals surface area contributed by atoms with Gasteiger partial charge in [-0.2, -0.15) is 0 Å². The number of amides is 3. The average Bonchev–Trinajstić information content (AvgIpc) is 2.81. The van der Waals surface area contributed by atoms with Gasteiger partial charge in [0.2, 0.25) is 0 Å². The van der Waals surface area contributed by atoms with Crippen LogP contribution >= 0.6 is 0 Å². The van der Waals surface area contributed by atoms with Gasteiger partial charge in [-0.05, 0) is 30.9 Å². The second-order valence-corrected chi connectivity index (χ2v) is 4.54. The molecule has 1 aromatic rings. The molecule has 0 radical (unpaired) electrons. The number of aryl methyl sites for hydroxylation is 1. The summed E-state index contributed by atoms with van der Waals surface area (Å²) in [6.07, 6.45) is 1.52. The minimum absolute atomic E-state index is 0.102. The van der Waals surface area contributed by atoms with Gasteiger partial charge in [-0.3, -0.25) is 9.69 Å². The Balaban J connectivity index is 2.11. The predicted molar refractivity (Wildman–Crippen MR) is 62.4 cm³/mol. The van der Waals surface area contributed by atoms with E-state index in [9.17, 15) is 9.59 Å². The van der Waals surface area contributed by atoms with E-state index in [0.29, 0.717) is 13.0 Å². The molecule has 1 spiro atoms. The van der Waals surface area contributed by atoms with Gasteiger partial charge in [-0.1, -0.05) is 24.3 Å². The maximum absolute atomic E-state index is 12.4. The zero-order valence-corrected chi connectivity index (χ0v) is 9.69. The van der Waals surface area contributed by atoms with Crippen molar-refractivity contribution in [3.05, 3.63) is 35.4 Å². The Bertz CT molecular complexity index is 512. The van der Waals surface area contributed by atoms with E-state index in [2.05, 4.69) is 5.32 Å². The third-order valence-electron chi connectivity index (χ3n) is 3.74. The molecule has 1 aromatic carbocycles. The molecule has 1 atom stereocenters. The van der Waals surface area contributed by atoms with Crippen LogP contribution < -0.4 is 5.32 Å². The van der Waals surface area contributed by atoms with Gasteiger partial charge in [0.05, 0.1) is 0 Å². The van der Waals surface area contributed by atoms with Crippen LogP contribution in [0.1, 0.15) is 24.5 Å². The number of rotatable bonds is 1. The van der Waals surface area contributed by atoms with Crippen LogP contribution in [0.2, 0.25) is 0 Å². The van der Waals surface area contributed by atoms with Crippen LogP contribution in [0.25, 0.3) is 0 Å². The number of nitrogens with zero attached hydrogens (tertiary/aromatic N) is 1. The minimum atomic E-state index is -0.788. The number of benzene rings is 1. The summed E-state index contributed by atoms with van der Waals surface area (Å²) in [4.78, 5) is 25.5. The molecule has 17 heavy (non-hydrogen) atoms. The van der Waals surface area contributed by atoms with Crippen molar-refractivity contribution in [2.45, 2.75) is 25.3 Å². The maximum atomic E-state index is 12.4. The van der Waals surface area contributed by atoms with E-state index in [4.69, 9.17) is 0 Å². The molecule has 3 rings (SSSR count). The lowest BCUT2D eigenvalue weighted by Crippen LogP contribution is -2.41. The molecule has 0 aromatic heterocycles. The SMILES string of the molecule is CCN1C(=O)NC2(CCc3ccccc32)C1=O. The van der Waals surface area contributed by atoms with E-state index in [1.165, 1.54) is 10.5 Å². The summed E-state index contributed by atoms with van der Waals surface area (Å²) in [5.74, 6) is -0.102. The Kier molecular flexibility index (Phi) is 2.02. The van der Waals surface area contributed by atoms with E-state index in [1.54, 1.807) is 0 Å². The van der Waals surface area contributed by atoms with Crippen molar-refractivity contribution < 1.29 is 9.59 Å². The molecular weight excluding hydrogens is 216 g/mol. The topological polar surface area (TPSA) is 49.4 Å². The van der Waals surface area contributed by atoms with Crippen molar-refractivity contribution in [2.24, 2.45) is 0 Å². The third-order valence-corrected chi connectivity index (χ3v) is 3.74. The normalized spacial score (nSPS) is 26.5. The minimum Gasteiger partial charge on any atom is -0.319 e. The van der Waals surface area contributed by atoms with Crippen molar-refractivity contribution in [3.8, 4) is 0 Å². The molecule has 1 N–H and O–H groups in total. The predicted octanol–water partition coefficient (Wildman–Crippen LogP) is 1.40. The zero-order chi connectivity index (χ0) is 12.0. The number of carbonyl (C=O) groups is 2. The molecule has 1 fully saturated rings. The van der Waals surface area contributed by atoms with Crippen LogP contribution in [0, 0.1) is 0 Å². The highest BCUT2D eigenvalue weighted by molar-refractivity contribution is 6.08. The Morgan fingerprint density at radius 1 is 1.35 bits per heavy atom. The summed E-state index contributed by atoms with van der Waals surface area (Å²) in [6, 6.07) is 7.59. The first kappa shape index (κ1) is 10.3. The fourth-order valence-corrected chi connectivity index (χ4v) is 2.88. The lowest BCUT2D eigenvalue weighted by molar-refractivity contribution is -0.131. The number of fused-ring (bicyclic) bond motifs is 2. The first-order chi connectivity index (χ1) is 8.19. The Morgan fingerprint density at radius 2 is 2.12 bits per heavy atom. The van der Waals surface area contributed by atoms with Gasteiger partial charge < -0.3 is 5.32 Å². The van der Waals surface area contributed by atoms with E-state index in [1.807, 2.05) is 31.2 Å². The van der Waals surface area contributed by atoms with Crippen molar-refractivity contribution in [1.82, 2.24) is 10.2 Å². The molecule has 1 aliphatic carbocycles. The lowest BCUT2D eigenvalue weighted by atomic mass is 9.92. The number of likely N-dealkylation sites (N-methyl/N-ethyl adjacent to an activating group) is 1. The number of hydrogen-bond donors (Lipinski definition) is 1. The molecule has 1 saturated heterocycles. The van der Waals surface area contributed by atoms with Crippen LogP contribution in [-0.4, -0.2) is 23.4 Å². The molecule has 4 heteroatoms. The second kappa shape index (κ2) is 3.32. The fourth-order valence-electron chi connectivity index (χ4n) is 2.88. The van der Waals surface area contributed by atoms with Crippen molar-refractivity contribution in [1.29, 1.82) is 0 Å². The molecule has 0 bridgehead atoms. The molecule has 0 saturated carbocycles. The van der Waals surface area contributed by atoms with Crippen LogP contribution in [0.4, 0.5) is 4.79 Å². The lowest BCUT2D eigenvalue weighted by Gasteiger charge is -2.21. The van der Waals surface area contributed by atoms with Crippen LogP contribution in [-0.2, 0) is 16.8 Å². The summed E-state index contributed by atoms with van der Waals surface area (Å²) in [6.45, 7) is 2.24. The number of nitrogens with one attached hydrogen (secondary N) is 1. The Morgan fingerprint density at radius 3 is 2.82 bits per heavy atom. The molecule has 1 heterocycles. The largest absolute Gasteiger partial charge is 0.325 e. The molecule has 3 amide bonds. The van der Waals surface area contributed by atoms with E-state index >= 15 is 0 Å². The first-order valence-electron chi connectivity index (χ1n) is 5.91. The summed E-state index contributed by atoms with van der Waals surface area (Å²) in [7, 11) is 0.